The van der Waals surface area contributed by atoms with Crippen LogP contribution in [0.15, 0.2) is 0 Å². The van der Waals surface area contributed by atoms with Gasteiger partial charge in [0.25, 0.3) is 0 Å². The third kappa shape index (κ3) is 3.16. The minimum Gasteiger partial charge on any atom is -0.396 e. The van der Waals surface area contributed by atoms with Crippen molar-refractivity contribution < 1.29 is 9.90 Å². The van der Waals surface area contributed by atoms with Gasteiger partial charge < -0.3 is 10.0 Å². The highest BCUT2D eigenvalue weighted by atomic mass is 16.3. The van der Waals surface area contributed by atoms with Crippen molar-refractivity contribution in [1.82, 2.24) is 9.91 Å². The molecule has 3 N–H and O–H groups in total. The summed E-state index contributed by atoms with van der Waals surface area (Å²) < 4.78 is 0. The van der Waals surface area contributed by atoms with Crippen molar-refractivity contribution in [2.75, 3.05) is 26.2 Å². The van der Waals surface area contributed by atoms with Gasteiger partial charge >= 0.3 is 6.03 Å². The second kappa shape index (κ2) is 5.82. The van der Waals surface area contributed by atoms with Crippen LogP contribution >= 0.6 is 0 Å². The van der Waals surface area contributed by atoms with E-state index in [9.17, 15) is 4.79 Å². The molecular weight excluding hydrogens is 182 g/mol. The number of nitrogens with two attached hydrogens (primary N) is 1. The molecule has 1 aliphatic heterocycles. The molecule has 0 aromatic carbocycles. The number of urea groups is 1. The largest absolute Gasteiger partial charge is 0.396 e. The summed E-state index contributed by atoms with van der Waals surface area (Å²) in [5.41, 5.74) is 0. The molecule has 1 heterocycles. The Morgan fingerprint density at radius 2 is 2.07 bits per heavy atom. The van der Waals surface area contributed by atoms with Crippen molar-refractivity contribution in [3.63, 3.8) is 0 Å². The molecular formula is C9H19N3O2. The van der Waals surface area contributed by atoms with Crippen molar-refractivity contribution in [3.8, 4) is 0 Å². The second-order valence-electron chi connectivity index (χ2n) is 3.60. The lowest BCUT2D eigenvalue weighted by molar-refractivity contribution is 0.129. The quantitative estimate of drug-likeness (QED) is 0.378. The third-order valence-electron chi connectivity index (χ3n) is 2.43. The van der Waals surface area contributed by atoms with E-state index in [2.05, 4.69) is 0 Å². The predicted molar refractivity (Wildman–Crippen MR) is 53.4 cm³/mol. The predicted octanol–water partition coefficient (Wildman–Crippen LogP) is 0.150. The number of aliphatic hydroxyl groups excluding tert-OH is 1. The normalized spacial score (nSPS) is 17.7. The maximum Gasteiger partial charge on any atom is 0.334 e. The molecule has 14 heavy (non-hydrogen) atoms. The Labute approximate surface area is 84.4 Å². The number of amides is 2. The van der Waals surface area contributed by atoms with Gasteiger partial charge in [0.05, 0.1) is 0 Å². The van der Waals surface area contributed by atoms with Gasteiger partial charge in [0, 0.05) is 26.2 Å². The molecule has 5 heteroatoms. The number of unbranched alkanes of at least 4 members (excludes halogenated alkanes) is 2. The molecule has 0 bridgehead atoms. The van der Waals surface area contributed by atoms with Gasteiger partial charge in [0.2, 0.25) is 0 Å². The van der Waals surface area contributed by atoms with Gasteiger partial charge in [-0.25, -0.2) is 10.6 Å². The lowest BCUT2D eigenvalue weighted by Gasteiger charge is -2.32. The van der Waals surface area contributed by atoms with E-state index in [4.69, 9.17) is 10.9 Å². The Morgan fingerprint density at radius 1 is 1.29 bits per heavy atom. The maximum absolute atomic E-state index is 11.5. The standard InChI is InChI=1S/C9H19N3O2/c10-12-7-4-6-11(9(12)14)5-2-1-3-8-13/h13H,1-8,10H2. The number of rotatable bonds is 5. The molecule has 2 amide bonds. The zero-order valence-corrected chi connectivity index (χ0v) is 8.48. The summed E-state index contributed by atoms with van der Waals surface area (Å²) in [6.45, 7) is 2.46. The second-order valence-corrected chi connectivity index (χ2v) is 3.60. The molecule has 0 aliphatic carbocycles. The molecule has 1 rings (SSSR count). The maximum atomic E-state index is 11.5. The molecule has 0 aromatic rings. The van der Waals surface area contributed by atoms with Crippen LogP contribution in [-0.2, 0) is 0 Å². The van der Waals surface area contributed by atoms with Gasteiger partial charge in [-0.15, -0.1) is 0 Å². The minimum atomic E-state index is -0.0692. The molecule has 1 saturated heterocycles. The zero-order valence-electron chi connectivity index (χ0n) is 8.48. The van der Waals surface area contributed by atoms with Crippen LogP contribution in [0.2, 0.25) is 0 Å². The zero-order chi connectivity index (χ0) is 10.4. The average Bonchev–Trinajstić information content (AvgIpc) is 2.19. The topological polar surface area (TPSA) is 69.8 Å². The Morgan fingerprint density at radius 3 is 2.79 bits per heavy atom. The highest BCUT2D eigenvalue weighted by Crippen LogP contribution is 2.07. The van der Waals surface area contributed by atoms with E-state index >= 15 is 0 Å². The lowest BCUT2D eigenvalue weighted by atomic mass is 10.2. The van der Waals surface area contributed by atoms with Gasteiger partial charge in [0.1, 0.15) is 0 Å². The van der Waals surface area contributed by atoms with Crippen LogP contribution in [0, 0.1) is 0 Å². The van der Waals surface area contributed by atoms with Gasteiger partial charge in [0.15, 0.2) is 0 Å². The third-order valence-corrected chi connectivity index (χ3v) is 2.43. The van der Waals surface area contributed by atoms with Crippen LogP contribution in [0.25, 0.3) is 0 Å². The molecule has 1 aliphatic rings. The van der Waals surface area contributed by atoms with Crippen molar-refractivity contribution in [3.05, 3.63) is 0 Å². The van der Waals surface area contributed by atoms with E-state index in [1.807, 2.05) is 0 Å². The molecule has 0 saturated carbocycles. The van der Waals surface area contributed by atoms with E-state index in [0.717, 1.165) is 38.8 Å². The summed E-state index contributed by atoms with van der Waals surface area (Å²) in [7, 11) is 0. The monoisotopic (exact) mass is 201 g/mol. The van der Waals surface area contributed by atoms with Crippen LogP contribution in [-0.4, -0.2) is 47.3 Å². The first kappa shape index (κ1) is 11.3. The van der Waals surface area contributed by atoms with Crippen molar-refractivity contribution in [2.45, 2.75) is 25.7 Å². The van der Waals surface area contributed by atoms with Crippen LogP contribution < -0.4 is 5.84 Å². The average molecular weight is 201 g/mol. The van der Waals surface area contributed by atoms with Gasteiger partial charge in [-0.05, 0) is 25.7 Å². The SMILES string of the molecule is NN1CCCN(CCCCCO)C1=O. The van der Waals surface area contributed by atoms with Gasteiger partial charge in [-0.1, -0.05) is 0 Å². The summed E-state index contributed by atoms with van der Waals surface area (Å²) in [6, 6.07) is -0.0692. The van der Waals surface area contributed by atoms with Crippen LogP contribution in [0.4, 0.5) is 4.79 Å². The summed E-state index contributed by atoms with van der Waals surface area (Å²) in [4.78, 5) is 13.2. The smallest absolute Gasteiger partial charge is 0.334 e. The van der Waals surface area contributed by atoms with Crippen LogP contribution in [0.5, 0.6) is 0 Å². The number of carbonyl (C=O) groups is 1. The van der Waals surface area contributed by atoms with Crippen molar-refractivity contribution >= 4 is 6.03 Å². The Hall–Kier alpha value is -0.810. The van der Waals surface area contributed by atoms with Crippen molar-refractivity contribution in [1.29, 1.82) is 0 Å². The first-order valence-electron chi connectivity index (χ1n) is 5.17. The van der Waals surface area contributed by atoms with Gasteiger partial charge in [-0.3, -0.25) is 5.01 Å². The van der Waals surface area contributed by atoms with Crippen LogP contribution in [0.1, 0.15) is 25.7 Å². The molecule has 1 fully saturated rings. The first-order valence-corrected chi connectivity index (χ1v) is 5.17. The first-order chi connectivity index (χ1) is 6.75. The summed E-state index contributed by atoms with van der Waals surface area (Å²) in [5, 5.41) is 9.86. The number of hydrogen-bond acceptors (Lipinski definition) is 3. The van der Waals surface area contributed by atoms with E-state index in [1.165, 1.54) is 5.01 Å². The molecule has 0 atom stereocenters. The number of aliphatic hydroxyl groups is 1. The van der Waals surface area contributed by atoms with E-state index < -0.39 is 0 Å². The van der Waals surface area contributed by atoms with E-state index in [0.29, 0.717) is 6.54 Å². The number of hydrazine groups is 1. The van der Waals surface area contributed by atoms with Gasteiger partial charge in [-0.2, -0.15) is 0 Å². The fraction of sp³-hybridized carbons (Fsp3) is 0.889. The Kier molecular flexibility index (Phi) is 4.69. The minimum absolute atomic E-state index is 0.0692. The highest BCUT2D eigenvalue weighted by molar-refractivity contribution is 5.74. The molecule has 82 valence electrons. The van der Waals surface area contributed by atoms with E-state index in [1.54, 1.807) is 4.90 Å². The molecule has 0 spiro atoms. The van der Waals surface area contributed by atoms with E-state index in [-0.39, 0.29) is 12.6 Å². The fourth-order valence-corrected chi connectivity index (χ4v) is 1.60. The van der Waals surface area contributed by atoms with Crippen molar-refractivity contribution in [2.24, 2.45) is 5.84 Å². The molecule has 0 unspecified atom stereocenters. The number of nitrogens with zero attached hydrogens (tertiary/aromatic N) is 2. The molecule has 5 nitrogen and oxygen atoms in total. The highest BCUT2D eigenvalue weighted by Gasteiger charge is 2.22. The summed E-state index contributed by atoms with van der Waals surface area (Å²) in [6.07, 6.45) is 3.67. The van der Waals surface area contributed by atoms with Crippen LogP contribution in [0.3, 0.4) is 0 Å². The Balaban J connectivity index is 2.19. The number of hydrogen-bond donors (Lipinski definition) is 2. The fourth-order valence-electron chi connectivity index (χ4n) is 1.60. The lowest BCUT2D eigenvalue weighted by Crippen LogP contribution is -2.52. The Bertz CT molecular complexity index is 187. The molecule has 0 aromatic heterocycles. The summed E-state index contributed by atoms with van der Waals surface area (Å²) in [5.74, 6) is 5.50. The molecule has 0 radical (unpaired) electrons. The number of carbonyl (C=O) groups excluding carboxylic acids is 1. The summed E-state index contributed by atoms with van der Waals surface area (Å²) >= 11 is 0.